The summed E-state index contributed by atoms with van der Waals surface area (Å²) in [6, 6.07) is 23.0. The van der Waals surface area contributed by atoms with E-state index in [1.165, 1.54) is 27.8 Å². The van der Waals surface area contributed by atoms with Crippen LogP contribution in [0.2, 0.25) is 0 Å². The van der Waals surface area contributed by atoms with E-state index in [4.69, 9.17) is 9.47 Å². The average Bonchev–Trinajstić information content (AvgIpc) is 3.10. The van der Waals surface area contributed by atoms with Gasteiger partial charge in [0.25, 0.3) is 0 Å². The lowest BCUT2D eigenvalue weighted by atomic mass is 9.95. The van der Waals surface area contributed by atoms with Crippen LogP contribution in [0.15, 0.2) is 79.4 Å². The monoisotopic (exact) mass is 356 g/mol. The highest BCUT2D eigenvalue weighted by Gasteiger charge is 2.22. The first kappa shape index (κ1) is 17.1. The first-order valence-electron chi connectivity index (χ1n) is 8.99. The van der Waals surface area contributed by atoms with E-state index in [1.807, 2.05) is 18.2 Å². The Kier molecular flexibility index (Phi) is 4.75. The van der Waals surface area contributed by atoms with E-state index in [0.717, 1.165) is 23.8 Å². The molecule has 0 spiro atoms. The van der Waals surface area contributed by atoms with Crippen molar-refractivity contribution < 1.29 is 14.3 Å². The molecule has 3 aromatic rings. The van der Waals surface area contributed by atoms with Crippen molar-refractivity contribution in [3.8, 4) is 28.0 Å². The van der Waals surface area contributed by atoms with Crippen molar-refractivity contribution in [2.45, 2.75) is 6.42 Å². The van der Waals surface area contributed by atoms with Gasteiger partial charge in [-0.1, -0.05) is 67.2 Å². The lowest BCUT2D eigenvalue weighted by molar-refractivity contribution is -0.138. The summed E-state index contributed by atoms with van der Waals surface area (Å²) < 4.78 is 10.9. The maximum atomic E-state index is 11.2. The van der Waals surface area contributed by atoms with Crippen molar-refractivity contribution in [2.75, 3.05) is 13.2 Å². The molecular weight excluding hydrogens is 336 g/mol. The number of benzene rings is 3. The van der Waals surface area contributed by atoms with Gasteiger partial charge in [0.1, 0.15) is 19.0 Å². The molecule has 4 rings (SSSR count). The van der Waals surface area contributed by atoms with E-state index in [2.05, 4.69) is 55.1 Å². The normalized spacial score (nSPS) is 11.4. The Hall–Kier alpha value is -3.33. The summed E-state index contributed by atoms with van der Waals surface area (Å²) in [5, 5.41) is 0. The zero-order chi connectivity index (χ0) is 18.6. The Morgan fingerprint density at radius 2 is 1.52 bits per heavy atom. The van der Waals surface area contributed by atoms with Gasteiger partial charge in [0.2, 0.25) is 0 Å². The minimum absolute atomic E-state index is 0.192. The van der Waals surface area contributed by atoms with Gasteiger partial charge >= 0.3 is 5.97 Å². The van der Waals surface area contributed by atoms with Crippen LogP contribution in [0.3, 0.4) is 0 Å². The molecule has 3 aromatic carbocycles. The van der Waals surface area contributed by atoms with Crippen molar-refractivity contribution in [1.82, 2.24) is 0 Å². The van der Waals surface area contributed by atoms with Crippen LogP contribution >= 0.6 is 0 Å². The molecule has 0 N–H and O–H groups in total. The minimum Gasteiger partial charge on any atom is -0.489 e. The second-order valence-corrected chi connectivity index (χ2v) is 6.38. The van der Waals surface area contributed by atoms with Crippen molar-refractivity contribution in [3.63, 3.8) is 0 Å². The molecule has 27 heavy (non-hydrogen) atoms. The van der Waals surface area contributed by atoms with Crippen LogP contribution in [0.25, 0.3) is 22.3 Å². The van der Waals surface area contributed by atoms with Crippen LogP contribution in [0, 0.1) is 0 Å². The quantitative estimate of drug-likeness (QED) is 0.276. The zero-order valence-corrected chi connectivity index (χ0v) is 15.0. The second-order valence-electron chi connectivity index (χ2n) is 6.38. The molecule has 0 saturated carbocycles. The van der Waals surface area contributed by atoms with Gasteiger partial charge in [-0.3, -0.25) is 0 Å². The summed E-state index contributed by atoms with van der Waals surface area (Å²) in [5.41, 5.74) is 7.52. The smallest absolute Gasteiger partial charge is 0.330 e. The SMILES string of the molecule is C=CC(=O)OCCOc1ccccc1-c1cccc2c1Cc1ccccc1-2. The molecule has 3 nitrogen and oxygen atoms in total. The average molecular weight is 356 g/mol. The molecular formula is C24H20O3. The van der Waals surface area contributed by atoms with Crippen LogP contribution in [-0.2, 0) is 16.0 Å². The number of para-hydroxylation sites is 1. The molecule has 0 saturated heterocycles. The Morgan fingerprint density at radius 3 is 2.33 bits per heavy atom. The van der Waals surface area contributed by atoms with E-state index in [0.29, 0.717) is 6.61 Å². The van der Waals surface area contributed by atoms with Crippen LogP contribution in [0.4, 0.5) is 0 Å². The van der Waals surface area contributed by atoms with Crippen molar-refractivity contribution >= 4 is 5.97 Å². The van der Waals surface area contributed by atoms with Crippen LogP contribution < -0.4 is 4.74 Å². The first-order valence-corrected chi connectivity index (χ1v) is 8.99. The summed E-state index contributed by atoms with van der Waals surface area (Å²) in [6.07, 6.45) is 2.08. The number of rotatable bonds is 6. The van der Waals surface area contributed by atoms with E-state index in [-0.39, 0.29) is 6.61 Å². The van der Waals surface area contributed by atoms with Crippen molar-refractivity contribution in [2.24, 2.45) is 0 Å². The second kappa shape index (κ2) is 7.50. The highest BCUT2D eigenvalue weighted by Crippen LogP contribution is 2.43. The Bertz CT molecular complexity index is 1000. The molecule has 134 valence electrons. The van der Waals surface area contributed by atoms with E-state index in [1.54, 1.807) is 0 Å². The summed E-state index contributed by atoms with van der Waals surface area (Å²) in [4.78, 5) is 11.2. The maximum Gasteiger partial charge on any atom is 0.330 e. The summed E-state index contributed by atoms with van der Waals surface area (Å²) >= 11 is 0. The molecule has 1 aliphatic rings. The largest absolute Gasteiger partial charge is 0.489 e. The predicted octanol–water partition coefficient (Wildman–Crippen LogP) is 5.03. The molecule has 0 fully saturated rings. The molecule has 0 aliphatic heterocycles. The molecule has 0 amide bonds. The topological polar surface area (TPSA) is 35.5 Å². The number of esters is 1. The van der Waals surface area contributed by atoms with Gasteiger partial charge in [0.05, 0.1) is 0 Å². The number of fused-ring (bicyclic) bond motifs is 3. The van der Waals surface area contributed by atoms with Gasteiger partial charge in [-0.15, -0.1) is 0 Å². The van der Waals surface area contributed by atoms with Gasteiger partial charge in [-0.05, 0) is 40.3 Å². The fraction of sp³-hybridized carbons (Fsp3) is 0.125. The highest BCUT2D eigenvalue weighted by molar-refractivity contribution is 5.86. The molecule has 3 heteroatoms. The standard InChI is InChI=1S/C24H20O3/c1-2-24(25)27-15-14-26-23-13-6-5-10-21(23)20-12-7-11-19-18-9-4-3-8-17(18)16-22(19)20/h2-13H,1,14-16H2. The van der Waals surface area contributed by atoms with Gasteiger partial charge < -0.3 is 9.47 Å². The summed E-state index contributed by atoms with van der Waals surface area (Å²) in [7, 11) is 0. The fourth-order valence-electron chi connectivity index (χ4n) is 3.58. The number of ether oxygens (including phenoxy) is 2. The molecule has 0 bridgehead atoms. The number of hydrogen-bond donors (Lipinski definition) is 0. The number of hydrogen-bond acceptors (Lipinski definition) is 3. The molecule has 0 radical (unpaired) electrons. The fourth-order valence-corrected chi connectivity index (χ4v) is 3.58. The number of carbonyl (C=O) groups is 1. The molecule has 1 aliphatic carbocycles. The van der Waals surface area contributed by atoms with Crippen molar-refractivity contribution in [1.29, 1.82) is 0 Å². The van der Waals surface area contributed by atoms with Gasteiger partial charge in [-0.25, -0.2) is 4.79 Å². The van der Waals surface area contributed by atoms with E-state index >= 15 is 0 Å². The van der Waals surface area contributed by atoms with Crippen molar-refractivity contribution in [3.05, 3.63) is 90.5 Å². The summed E-state index contributed by atoms with van der Waals surface area (Å²) in [6.45, 7) is 3.88. The third-order valence-corrected chi connectivity index (χ3v) is 4.78. The first-order chi connectivity index (χ1) is 13.3. The van der Waals surface area contributed by atoms with Crippen LogP contribution in [0.1, 0.15) is 11.1 Å². The molecule has 0 atom stereocenters. The van der Waals surface area contributed by atoms with E-state index in [9.17, 15) is 4.79 Å². The van der Waals surface area contributed by atoms with Crippen LogP contribution in [0.5, 0.6) is 5.75 Å². The van der Waals surface area contributed by atoms with Crippen LogP contribution in [-0.4, -0.2) is 19.2 Å². The Morgan fingerprint density at radius 1 is 0.852 bits per heavy atom. The third-order valence-electron chi connectivity index (χ3n) is 4.78. The Labute approximate surface area is 158 Å². The summed E-state index contributed by atoms with van der Waals surface area (Å²) in [5.74, 6) is 0.349. The van der Waals surface area contributed by atoms with Gasteiger partial charge in [0.15, 0.2) is 0 Å². The van der Waals surface area contributed by atoms with Gasteiger partial charge in [-0.2, -0.15) is 0 Å². The zero-order valence-electron chi connectivity index (χ0n) is 15.0. The Balaban J connectivity index is 1.62. The third kappa shape index (κ3) is 3.36. The van der Waals surface area contributed by atoms with Gasteiger partial charge in [0, 0.05) is 11.6 Å². The molecule has 0 heterocycles. The minimum atomic E-state index is -0.439. The van der Waals surface area contributed by atoms with E-state index < -0.39 is 5.97 Å². The number of carbonyl (C=O) groups excluding carboxylic acids is 1. The lowest BCUT2D eigenvalue weighted by Gasteiger charge is -2.14. The predicted molar refractivity (Wildman–Crippen MR) is 107 cm³/mol. The molecule has 0 aromatic heterocycles. The lowest BCUT2D eigenvalue weighted by Crippen LogP contribution is -2.10. The maximum absolute atomic E-state index is 11.2. The molecule has 0 unspecified atom stereocenters. The highest BCUT2D eigenvalue weighted by atomic mass is 16.6.